The van der Waals surface area contributed by atoms with E-state index in [-0.39, 0.29) is 11.6 Å². The van der Waals surface area contributed by atoms with Crippen LogP contribution in [0.1, 0.15) is 6.92 Å². The third kappa shape index (κ3) is 3.70. The van der Waals surface area contributed by atoms with Crippen LogP contribution < -0.4 is 26.1 Å². The van der Waals surface area contributed by atoms with Gasteiger partial charge in [-0.05, 0) is 31.2 Å². The highest BCUT2D eigenvalue weighted by Gasteiger charge is 2.15. The quantitative estimate of drug-likeness (QED) is 0.682. The molecule has 0 aliphatic carbocycles. The van der Waals surface area contributed by atoms with Gasteiger partial charge < -0.3 is 25.1 Å². The molecule has 0 radical (unpaired) electrons. The first-order chi connectivity index (χ1) is 12.9. The summed E-state index contributed by atoms with van der Waals surface area (Å²) < 4.78 is 12.1. The lowest BCUT2D eigenvalue weighted by Gasteiger charge is -2.14. The molecular weight excluding hydrogens is 346 g/mol. The van der Waals surface area contributed by atoms with E-state index in [9.17, 15) is 4.79 Å². The van der Waals surface area contributed by atoms with Crippen molar-refractivity contribution in [3.63, 3.8) is 0 Å². The van der Waals surface area contributed by atoms with Crippen LogP contribution in [0.15, 0.2) is 35.4 Å². The Balaban J connectivity index is 2.20. The van der Waals surface area contributed by atoms with Gasteiger partial charge in [-0.2, -0.15) is 0 Å². The number of benzene rings is 1. The van der Waals surface area contributed by atoms with Gasteiger partial charge in [0.15, 0.2) is 11.5 Å². The lowest BCUT2D eigenvalue weighted by atomic mass is 10.1. The second-order valence-corrected chi connectivity index (χ2v) is 6.34. The van der Waals surface area contributed by atoms with E-state index in [1.54, 1.807) is 27.3 Å². The highest BCUT2D eigenvalue weighted by atomic mass is 16.5. The Bertz CT molecular complexity index is 1030. The van der Waals surface area contributed by atoms with Crippen molar-refractivity contribution in [2.24, 2.45) is 12.8 Å². The van der Waals surface area contributed by atoms with Crippen LogP contribution in [0.2, 0.25) is 0 Å². The van der Waals surface area contributed by atoms with Crippen molar-refractivity contribution in [2.75, 3.05) is 26.1 Å². The number of methoxy groups -OCH3 is 2. The third-order valence-electron chi connectivity index (χ3n) is 4.17. The molecule has 0 aliphatic heterocycles. The van der Waals surface area contributed by atoms with Crippen molar-refractivity contribution in [1.82, 2.24) is 14.5 Å². The number of anilines is 1. The molecule has 0 saturated heterocycles. The van der Waals surface area contributed by atoms with E-state index >= 15 is 0 Å². The van der Waals surface area contributed by atoms with Gasteiger partial charge in [0.2, 0.25) is 0 Å². The molecular formula is C19H23N5O3. The summed E-state index contributed by atoms with van der Waals surface area (Å²) in [5.74, 6) is 1.69. The predicted molar refractivity (Wildman–Crippen MR) is 105 cm³/mol. The highest BCUT2D eigenvalue weighted by molar-refractivity contribution is 5.91. The number of nitrogens with two attached hydrogens (primary N) is 1. The summed E-state index contributed by atoms with van der Waals surface area (Å²) in [4.78, 5) is 21.6. The van der Waals surface area contributed by atoms with Crippen molar-refractivity contribution < 1.29 is 9.47 Å². The Kier molecular flexibility index (Phi) is 5.27. The van der Waals surface area contributed by atoms with E-state index in [0.717, 1.165) is 5.56 Å². The average molecular weight is 369 g/mol. The van der Waals surface area contributed by atoms with Gasteiger partial charge in [0.05, 0.1) is 31.8 Å². The standard InChI is InChI=1S/C19H23N5O3/c1-11(20)9-21-18-17-14(22-10-24(2)19(17)25)8-13(23-18)12-5-6-15(26-3)16(7-12)27-4/h5-8,10-11H,9,20H2,1-4H3,(H,21,23)/t11-/m0/s1. The number of nitrogens with one attached hydrogen (secondary N) is 1. The number of rotatable bonds is 6. The number of hydrogen-bond donors (Lipinski definition) is 2. The molecule has 0 unspecified atom stereocenters. The summed E-state index contributed by atoms with van der Waals surface area (Å²) in [6, 6.07) is 7.23. The maximum absolute atomic E-state index is 12.6. The number of hydrogen-bond acceptors (Lipinski definition) is 7. The van der Waals surface area contributed by atoms with Gasteiger partial charge in [0.25, 0.3) is 5.56 Å². The average Bonchev–Trinajstić information content (AvgIpc) is 2.68. The molecule has 0 bridgehead atoms. The topological polar surface area (TPSA) is 104 Å². The summed E-state index contributed by atoms with van der Waals surface area (Å²) in [7, 11) is 4.82. The molecule has 0 amide bonds. The Labute approximate surface area is 157 Å². The van der Waals surface area contributed by atoms with Crippen LogP contribution in [0, 0.1) is 0 Å². The van der Waals surface area contributed by atoms with Crippen molar-refractivity contribution in [3.8, 4) is 22.8 Å². The largest absolute Gasteiger partial charge is 0.493 e. The molecule has 0 aliphatic rings. The van der Waals surface area contributed by atoms with Gasteiger partial charge in [0, 0.05) is 25.2 Å². The lowest BCUT2D eigenvalue weighted by molar-refractivity contribution is 0.355. The Morgan fingerprint density at radius 1 is 1.22 bits per heavy atom. The second kappa shape index (κ2) is 7.63. The van der Waals surface area contributed by atoms with Crippen LogP contribution in [0.5, 0.6) is 11.5 Å². The summed E-state index contributed by atoms with van der Waals surface area (Å²) in [5.41, 5.74) is 7.73. The zero-order valence-corrected chi connectivity index (χ0v) is 15.8. The molecule has 8 nitrogen and oxygen atoms in total. The van der Waals surface area contributed by atoms with Gasteiger partial charge in [0.1, 0.15) is 11.2 Å². The number of pyridine rings is 1. The number of ether oxygens (including phenoxy) is 2. The maximum Gasteiger partial charge on any atom is 0.264 e. The molecule has 3 aromatic rings. The van der Waals surface area contributed by atoms with Gasteiger partial charge in [-0.25, -0.2) is 9.97 Å². The Morgan fingerprint density at radius 2 is 1.96 bits per heavy atom. The van der Waals surface area contributed by atoms with Crippen molar-refractivity contribution in [1.29, 1.82) is 0 Å². The zero-order chi connectivity index (χ0) is 19.6. The molecule has 3 N–H and O–H groups in total. The first kappa shape index (κ1) is 18.7. The first-order valence-electron chi connectivity index (χ1n) is 8.52. The maximum atomic E-state index is 12.6. The third-order valence-corrected chi connectivity index (χ3v) is 4.17. The van der Waals surface area contributed by atoms with E-state index in [1.807, 2.05) is 25.1 Å². The molecule has 1 atom stereocenters. The number of aromatic nitrogens is 3. The van der Waals surface area contributed by atoms with E-state index in [0.29, 0.717) is 40.5 Å². The normalized spacial score (nSPS) is 12.0. The van der Waals surface area contributed by atoms with E-state index in [1.165, 1.54) is 10.9 Å². The summed E-state index contributed by atoms with van der Waals surface area (Å²) in [5, 5.41) is 3.61. The van der Waals surface area contributed by atoms with Crippen molar-refractivity contribution in [2.45, 2.75) is 13.0 Å². The minimum atomic E-state index is -0.168. The smallest absolute Gasteiger partial charge is 0.264 e. The fourth-order valence-electron chi connectivity index (χ4n) is 2.75. The first-order valence-corrected chi connectivity index (χ1v) is 8.52. The highest BCUT2D eigenvalue weighted by Crippen LogP contribution is 2.33. The molecule has 8 heteroatoms. The zero-order valence-electron chi connectivity index (χ0n) is 15.8. The predicted octanol–water partition coefficient (Wildman–Crippen LogP) is 1.77. The van der Waals surface area contributed by atoms with Crippen LogP contribution >= 0.6 is 0 Å². The van der Waals surface area contributed by atoms with E-state index in [4.69, 9.17) is 15.2 Å². The van der Waals surface area contributed by atoms with Gasteiger partial charge in [-0.3, -0.25) is 4.79 Å². The number of nitrogens with zero attached hydrogens (tertiary/aromatic N) is 3. The molecule has 0 saturated carbocycles. The molecule has 1 aromatic carbocycles. The monoisotopic (exact) mass is 369 g/mol. The van der Waals surface area contributed by atoms with Gasteiger partial charge in [-0.1, -0.05) is 0 Å². The minimum Gasteiger partial charge on any atom is -0.493 e. The number of fused-ring (bicyclic) bond motifs is 1. The second-order valence-electron chi connectivity index (χ2n) is 6.34. The van der Waals surface area contributed by atoms with Crippen LogP contribution in [0.4, 0.5) is 5.82 Å². The molecule has 27 heavy (non-hydrogen) atoms. The van der Waals surface area contributed by atoms with E-state index < -0.39 is 0 Å². The summed E-state index contributed by atoms with van der Waals surface area (Å²) in [6.45, 7) is 2.36. The summed E-state index contributed by atoms with van der Waals surface area (Å²) in [6.07, 6.45) is 1.50. The molecule has 142 valence electrons. The van der Waals surface area contributed by atoms with Crippen LogP contribution in [0.25, 0.3) is 22.2 Å². The number of aryl methyl sites for hydroxylation is 1. The molecule has 0 spiro atoms. The van der Waals surface area contributed by atoms with Crippen LogP contribution in [-0.4, -0.2) is 41.3 Å². The molecule has 2 heterocycles. The minimum absolute atomic E-state index is 0.0906. The van der Waals surface area contributed by atoms with Crippen LogP contribution in [0.3, 0.4) is 0 Å². The van der Waals surface area contributed by atoms with E-state index in [2.05, 4.69) is 15.3 Å². The lowest BCUT2D eigenvalue weighted by Crippen LogP contribution is -2.27. The van der Waals surface area contributed by atoms with Crippen molar-refractivity contribution >= 4 is 16.7 Å². The SMILES string of the molecule is COc1ccc(-c2cc3ncn(C)c(=O)c3c(NC[C@H](C)N)n2)cc1OC. The van der Waals surface area contributed by atoms with Gasteiger partial charge in [-0.15, -0.1) is 0 Å². The van der Waals surface area contributed by atoms with Gasteiger partial charge >= 0.3 is 0 Å². The Hall–Kier alpha value is -3.13. The molecule has 0 fully saturated rings. The van der Waals surface area contributed by atoms with Crippen molar-refractivity contribution in [3.05, 3.63) is 40.9 Å². The fraction of sp³-hybridized carbons (Fsp3) is 0.316. The molecule has 2 aromatic heterocycles. The fourth-order valence-corrected chi connectivity index (χ4v) is 2.75. The molecule has 3 rings (SSSR count). The summed E-state index contributed by atoms with van der Waals surface area (Å²) >= 11 is 0. The van der Waals surface area contributed by atoms with Crippen LogP contribution in [-0.2, 0) is 7.05 Å². The Morgan fingerprint density at radius 3 is 2.63 bits per heavy atom.